The van der Waals surface area contributed by atoms with Gasteiger partial charge in [-0.3, -0.25) is 0 Å². The van der Waals surface area contributed by atoms with Gasteiger partial charge in [-0.1, -0.05) is 38.7 Å². The van der Waals surface area contributed by atoms with Crippen molar-refractivity contribution in [2.75, 3.05) is 13.2 Å². The number of aliphatic hydroxyl groups excluding tert-OH is 1. The van der Waals surface area contributed by atoms with Crippen LogP contribution in [0.1, 0.15) is 75.3 Å². The van der Waals surface area contributed by atoms with E-state index in [0.29, 0.717) is 31.4 Å². The zero-order chi connectivity index (χ0) is 19.2. The van der Waals surface area contributed by atoms with Crippen molar-refractivity contribution in [1.82, 2.24) is 0 Å². The van der Waals surface area contributed by atoms with E-state index >= 15 is 0 Å². The summed E-state index contributed by atoms with van der Waals surface area (Å²) in [6.07, 6.45) is 2.42. The van der Waals surface area contributed by atoms with Crippen LogP contribution in [0.5, 0.6) is 5.75 Å². The van der Waals surface area contributed by atoms with Crippen LogP contribution >= 0.6 is 12.4 Å². The maximum Gasteiger partial charge on any atom is 0.419 e. The lowest BCUT2D eigenvalue weighted by atomic mass is 9.92. The van der Waals surface area contributed by atoms with Crippen LogP contribution in [0, 0.1) is 0 Å². The molecule has 1 saturated carbocycles. The van der Waals surface area contributed by atoms with Crippen LogP contribution in [-0.4, -0.2) is 23.9 Å². The largest absolute Gasteiger partial charge is 0.493 e. The molecule has 1 aromatic carbocycles. The molecule has 0 radical (unpaired) electrons. The fourth-order valence-corrected chi connectivity index (χ4v) is 3.62. The van der Waals surface area contributed by atoms with Crippen LogP contribution in [0.15, 0.2) is 18.2 Å². The third kappa shape index (κ3) is 6.84. The fourth-order valence-electron chi connectivity index (χ4n) is 3.62. The van der Waals surface area contributed by atoms with Gasteiger partial charge in [0.25, 0.3) is 0 Å². The number of halogens is 4. The second-order valence-electron chi connectivity index (χ2n) is 7.48. The summed E-state index contributed by atoms with van der Waals surface area (Å²) in [4.78, 5) is 0. The van der Waals surface area contributed by atoms with Crippen molar-refractivity contribution in [2.24, 2.45) is 5.73 Å². The number of rotatable bonds is 9. The van der Waals surface area contributed by atoms with Gasteiger partial charge in [0, 0.05) is 5.54 Å². The second kappa shape index (κ2) is 10.5. The van der Waals surface area contributed by atoms with Crippen LogP contribution in [0.3, 0.4) is 0 Å². The third-order valence-electron chi connectivity index (χ3n) is 5.24. The summed E-state index contributed by atoms with van der Waals surface area (Å²) in [6, 6.07) is 4.33. The molecule has 1 aliphatic rings. The molecule has 2 rings (SSSR count). The van der Waals surface area contributed by atoms with Crippen molar-refractivity contribution in [3.63, 3.8) is 0 Å². The van der Waals surface area contributed by atoms with Crippen LogP contribution in [0.4, 0.5) is 13.2 Å². The molecule has 0 heterocycles. The Morgan fingerprint density at radius 3 is 2.52 bits per heavy atom. The molecule has 3 N–H and O–H groups in total. The van der Waals surface area contributed by atoms with Gasteiger partial charge in [-0.25, -0.2) is 0 Å². The maximum atomic E-state index is 13.5. The smallest absolute Gasteiger partial charge is 0.419 e. The predicted molar refractivity (Wildman–Crippen MR) is 104 cm³/mol. The lowest BCUT2D eigenvalue weighted by Crippen LogP contribution is -2.40. The Morgan fingerprint density at radius 1 is 1.22 bits per heavy atom. The SMILES string of the molecule is CCCCCCCOc1ccc(C2CCC(N)(CO)C2)cc1C(F)(F)F.Cl. The molecule has 2 atom stereocenters. The van der Waals surface area contributed by atoms with Crippen LogP contribution < -0.4 is 10.5 Å². The number of hydrogen-bond acceptors (Lipinski definition) is 3. The van der Waals surface area contributed by atoms with E-state index in [4.69, 9.17) is 10.5 Å². The fraction of sp³-hybridized carbons (Fsp3) is 0.700. The summed E-state index contributed by atoms with van der Waals surface area (Å²) < 4.78 is 45.8. The molecule has 2 unspecified atom stereocenters. The highest BCUT2D eigenvalue weighted by Gasteiger charge is 2.38. The standard InChI is InChI=1S/C20H30F3NO2.ClH/c1-2-3-4-5-6-11-26-18-8-7-15(12-17(18)20(21,22)23)16-9-10-19(24,13-16)14-25;/h7-8,12,16,25H,2-6,9-11,13-14,24H2,1H3;1H. The van der Waals surface area contributed by atoms with Gasteiger partial charge in [0.1, 0.15) is 5.75 Å². The molecule has 0 saturated heterocycles. The van der Waals surface area contributed by atoms with Gasteiger partial charge in [-0.2, -0.15) is 13.2 Å². The molecular formula is C20H31ClF3NO2. The van der Waals surface area contributed by atoms with Crippen LogP contribution in [-0.2, 0) is 6.18 Å². The molecule has 3 nitrogen and oxygen atoms in total. The van der Waals surface area contributed by atoms with E-state index < -0.39 is 17.3 Å². The van der Waals surface area contributed by atoms with Gasteiger partial charge >= 0.3 is 6.18 Å². The number of hydrogen-bond donors (Lipinski definition) is 2. The van der Waals surface area contributed by atoms with E-state index in [1.54, 1.807) is 6.07 Å². The Kier molecular flexibility index (Phi) is 9.39. The Labute approximate surface area is 165 Å². The van der Waals surface area contributed by atoms with Gasteiger partial charge in [0.05, 0.1) is 18.8 Å². The molecule has 7 heteroatoms. The highest BCUT2D eigenvalue weighted by atomic mass is 35.5. The highest BCUT2D eigenvalue weighted by molar-refractivity contribution is 5.85. The summed E-state index contributed by atoms with van der Waals surface area (Å²) in [6.45, 7) is 2.27. The average molecular weight is 410 g/mol. The summed E-state index contributed by atoms with van der Waals surface area (Å²) in [5.74, 6) is -0.160. The number of aliphatic hydroxyl groups is 1. The van der Waals surface area contributed by atoms with Crippen LogP contribution in [0.2, 0.25) is 0 Å². The first-order valence-corrected chi connectivity index (χ1v) is 9.53. The van der Waals surface area contributed by atoms with E-state index in [0.717, 1.165) is 32.1 Å². The van der Waals surface area contributed by atoms with E-state index in [9.17, 15) is 18.3 Å². The maximum absolute atomic E-state index is 13.5. The minimum Gasteiger partial charge on any atom is -0.493 e. The normalized spacial score (nSPS) is 22.5. The highest BCUT2D eigenvalue weighted by Crippen LogP contribution is 2.43. The Hall–Kier alpha value is -0.980. The molecule has 27 heavy (non-hydrogen) atoms. The van der Waals surface area contributed by atoms with Crippen molar-refractivity contribution in [1.29, 1.82) is 0 Å². The van der Waals surface area contributed by atoms with Gasteiger partial charge in [-0.05, 0) is 49.3 Å². The van der Waals surface area contributed by atoms with Crippen molar-refractivity contribution < 1.29 is 23.0 Å². The second-order valence-corrected chi connectivity index (χ2v) is 7.48. The Bertz CT molecular complexity index is 583. The first kappa shape index (κ1) is 24.1. The lowest BCUT2D eigenvalue weighted by Gasteiger charge is -2.21. The van der Waals surface area contributed by atoms with E-state index in [1.165, 1.54) is 12.1 Å². The predicted octanol–water partition coefficient (Wildman–Crippen LogP) is 5.43. The van der Waals surface area contributed by atoms with E-state index in [-0.39, 0.29) is 30.7 Å². The minimum atomic E-state index is -4.46. The summed E-state index contributed by atoms with van der Waals surface area (Å²) in [5, 5.41) is 9.37. The molecular weight excluding hydrogens is 379 g/mol. The quantitative estimate of drug-likeness (QED) is 0.534. The molecule has 0 aromatic heterocycles. The number of nitrogens with two attached hydrogens (primary N) is 1. The van der Waals surface area contributed by atoms with Gasteiger partial charge in [0.15, 0.2) is 0 Å². The Balaban J connectivity index is 0.00000364. The van der Waals surface area contributed by atoms with Crippen molar-refractivity contribution in [3.8, 4) is 5.75 Å². The monoisotopic (exact) mass is 409 g/mol. The topological polar surface area (TPSA) is 55.5 Å². The first-order valence-electron chi connectivity index (χ1n) is 9.53. The zero-order valence-electron chi connectivity index (χ0n) is 15.9. The van der Waals surface area contributed by atoms with Gasteiger partial charge in [0.2, 0.25) is 0 Å². The van der Waals surface area contributed by atoms with Gasteiger partial charge in [-0.15, -0.1) is 12.4 Å². The minimum absolute atomic E-state index is 0. The number of benzene rings is 1. The van der Waals surface area contributed by atoms with Crippen molar-refractivity contribution >= 4 is 12.4 Å². The molecule has 1 aliphatic carbocycles. The number of alkyl halides is 3. The van der Waals surface area contributed by atoms with Crippen molar-refractivity contribution in [2.45, 2.75) is 75.9 Å². The van der Waals surface area contributed by atoms with Crippen LogP contribution in [0.25, 0.3) is 0 Å². The zero-order valence-corrected chi connectivity index (χ0v) is 16.7. The van der Waals surface area contributed by atoms with E-state index in [1.807, 2.05) is 0 Å². The molecule has 1 aromatic rings. The summed E-state index contributed by atoms with van der Waals surface area (Å²) in [5.41, 5.74) is 5.27. The molecule has 0 aliphatic heterocycles. The number of ether oxygens (including phenoxy) is 1. The molecule has 0 spiro atoms. The molecule has 1 fully saturated rings. The molecule has 156 valence electrons. The molecule has 0 bridgehead atoms. The summed E-state index contributed by atoms with van der Waals surface area (Å²) in [7, 11) is 0. The average Bonchev–Trinajstić information content (AvgIpc) is 3.00. The lowest BCUT2D eigenvalue weighted by molar-refractivity contribution is -0.139. The Morgan fingerprint density at radius 2 is 1.93 bits per heavy atom. The van der Waals surface area contributed by atoms with Crippen molar-refractivity contribution in [3.05, 3.63) is 29.3 Å². The third-order valence-corrected chi connectivity index (χ3v) is 5.24. The molecule has 0 amide bonds. The summed E-state index contributed by atoms with van der Waals surface area (Å²) >= 11 is 0. The first-order chi connectivity index (χ1) is 12.3. The van der Waals surface area contributed by atoms with Gasteiger partial charge < -0.3 is 15.6 Å². The van der Waals surface area contributed by atoms with E-state index in [2.05, 4.69) is 6.92 Å². The number of unbranched alkanes of at least 4 members (excludes halogenated alkanes) is 4.